The van der Waals surface area contributed by atoms with Gasteiger partial charge in [0.1, 0.15) is 5.82 Å². The van der Waals surface area contributed by atoms with Crippen LogP contribution < -0.4 is 10.6 Å². The molecular weight excluding hydrogens is 235 g/mol. The number of hydrogen-bond donors (Lipinski definition) is 1. The van der Waals surface area contributed by atoms with Crippen molar-refractivity contribution in [3.8, 4) is 11.5 Å². The van der Waals surface area contributed by atoms with E-state index in [-0.39, 0.29) is 11.7 Å². The minimum absolute atomic E-state index is 0.230. The van der Waals surface area contributed by atoms with Gasteiger partial charge in [-0.2, -0.15) is 4.98 Å². The van der Waals surface area contributed by atoms with Gasteiger partial charge in [-0.3, -0.25) is 0 Å². The third-order valence-corrected chi connectivity index (χ3v) is 2.71. The summed E-state index contributed by atoms with van der Waals surface area (Å²) in [5.74, 6) is 0.328. The smallest absolute Gasteiger partial charge is 0.266 e. The fourth-order valence-corrected chi connectivity index (χ4v) is 1.67. The molecule has 2 N–H and O–H groups in total. The Kier molecular flexibility index (Phi) is 3.45. The summed E-state index contributed by atoms with van der Waals surface area (Å²) in [7, 11) is 0. The maximum Gasteiger partial charge on any atom is 0.266 e. The number of nitrogens with zero attached hydrogens (tertiary/aromatic N) is 3. The first kappa shape index (κ1) is 12.3. The Hall–Kier alpha value is -2.11. The predicted molar refractivity (Wildman–Crippen MR) is 67.7 cm³/mol. The summed E-state index contributed by atoms with van der Waals surface area (Å²) in [6.07, 6.45) is 0. The molecule has 6 heteroatoms. The van der Waals surface area contributed by atoms with Crippen LogP contribution in [0.2, 0.25) is 0 Å². The summed E-state index contributed by atoms with van der Waals surface area (Å²) >= 11 is 0. The number of hydrogen-bond acceptors (Lipinski definition) is 5. The predicted octanol–water partition coefficient (Wildman–Crippen LogP) is 2.30. The average Bonchev–Trinajstić information content (AvgIpc) is 2.83. The molecule has 0 fully saturated rings. The Bertz CT molecular complexity index is 537. The fraction of sp³-hybridized carbons (Fsp3) is 0.333. The quantitative estimate of drug-likeness (QED) is 0.843. The van der Waals surface area contributed by atoms with Gasteiger partial charge in [0.05, 0.1) is 5.56 Å². The molecule has 96 valence electrons. The minimum Gasteiger partial charge on any atom is -0.398 e. The summed E-state index contributed by atoms with van der Waals surface area (Å²) in [6.45, 7) is 5.54. The summed E-state index contributed by atoms with van der Waals surface area (Å²) in [5.41, 5.74) is 6.59. The topological polar surface area (TPSA) is 68.2 Å². The number of halogens is 1. The van der Waals surface area contributed by atoms with Gasteiger partial charge >= 0.3 is 0 Å². The lowest BCUT2D eigenvalue weighted by Gasteiger charge is -2.14. The van der Waals surface area contributed by atoms with Gasteiger partial charge in [-0.1, -0.05) is 0 Å². The number of nitrogens with two attached hydrogens (primary N) is 1. The van der Waals surface area contributed by atoms with Gasteiger partial charge < -0.3 is 15.2 Å². The molecule has 0 aliphatic rings. The zero-order valence-corrected chi connectivity index (χ0v) is 10.4. The highest BCUT2D eigenvalue weighted by molar-refractivity contribution is 5.70. The molecule has 5 nitrogen and oxygen atoms in total. The summed E-state index contributed by atoms with van der Waals surface area (Å²) in [6, 6.07) is 4.06. The second-order valence-corrected chi connectivity index (χ2v) is 3.80. The van der Waals surface area contributed by atoms with Crippen LogP contribution in [-0.4, -0.2) is 23.2 Å². The highest BCUT2D eigenvalue weighted by Gasteiger charge is 2.15. The Labute approximate surface area is 104 Å². The largest absolute Gasteiger partial charge is 0.398 e. The highest BCUT2D eigenvalue weighted by Crippen LogP contribution is 2.26. The van der Waals surface area contributed by atoms with Crippen LogP contribution in [0, 0.1) is 5.82 Å². The van der Waals surface area contributed by atoms with Gasteiger partial charge in [0.15, 0.2) is 0 Å². The van der Waals surface area contributed by atoms with Crippen molar-refractivity contribution < 1.29 is 8.91 Å². The minimum atomic E-state index is -0.387. The first-order chi connectivity index (χ1) is 8.65. The number of rotatable bonds is 4. The van der Waals surface area contributed by atoms with Crippen molar-refractivity contribution >= 4 is 11.6 Å². The zero-order chi connectivity index (χ0) is 13.1. The summed E-state index contributed by atoms with van der Waals surface area (Å²) in [4.78, 5) is 6.16. The molecule has 2 rings (SSSR count). The van der Waals surface area contributed by atoms with E-state index in [2.05, 4.69) is 10.1 Å². The standard InChI is InChI=1S/C12H15FN4O/c1-3-17(4-2)12-15-11(18-16-12)9-7-8(13)5-6-10(9)14/h5-7H,3-4,14H2,1-2H3. The van der Waals surface area contributed by atoms with Crippen molar-refractivity contribution in [3.63, 3.8) is 0 Å². The van der Waals surface area contributed by atoms with Gasteiger partial charge in [-0.05, 0) is 37.2 Å². The second-order valence-electron chi connectivity index (χ2n) is 3.80. The van der Waals surface area contributed by atoms with E-state index in [1.54, 1.807) is 0 Å². The second kappa shape index (κ2) is 5.03. The molecule has 0 saturated carbocycles. The lowest BCUT2D eigenvalue weighted by molar-refractivity contribution is 0.429. The molecule has 0 aliphatic heterocycles. The van der Waals surface area contributed by atoms with E-state index < -0.39 is 0 Å². The molecule has 0 amide bonds. The Balaban J connectivity index is 2.37. The molecule has 0 spiro atoms. The lowest BCUT2D eigenvalue weighted by Crippen LogP contribution is -2.22. The normalized spacial score (nSPS) is 10.6. The van der Waals surface area contributed by atoms with Crippen molar-refractivity contribution in [1.29, 1.82) is 0 Å². The van der Waals surface area contributed by atoms with Crippen LogP contribution in [-0.2, 0) is 0 Å². The van der Waals surface area contributed by atoms with Crippen LogP contribution in [0.15, 0.2) is 22.7 Å². The van der Waals surface area contributed by atoms with Gasteiger partial charge in [0, 0.05) is 18.8 Å². The SMILES string of the molecule is CCN(CC)c1noc(-c2cc(F)ccc2N)n1. The molecule has 1 aromatic carbocycles. The number of nitrogen functional groups attached to an aromatic ring is 1. The lowest BCUT2D eigenvalue weighted by atomic mass is 10.2. The van der Waals surface area contributed by atoms with E-state index in [1.165, 1.54) is 18.2 Å². The van der Waals surface area contributed by atoms with Crippen LogP contribution >= 0.6 is 0 Å². The van der Waals surface area contributed by atoms with Crippen LogP contribution in [0.4, 0.5) is 16.0 Å². The van der Waals surface area contributed by atoms with Crippen LogP contribution in [0.1, 0.15) is 13.8 Å². The molecular formula is C12H15FN4O. The van der Waals surface area contributed by atoms with E-state index >= 15 is 0 Å². The molecule has 0 atom stereocenters. The third kappa shape index (κ3) is 2.27. The van der Waals surface area contributed by atoms with Gasteiger partial charge in [-0.25, -0.2) is 4.39 Å². The van der Waals surface area contributed by atoms with Crippen LogP contribution in [0.3, 0.4) is 0 Å². The maximum absolute atomic E-state index is 13.2. The first-order valence-electron chi connectivity index (χ1n) is 5.79. The van der Waals surface area contributed by atoms with Crippen molar-refractivity contribution in [1.82, 2.24) is 10.1 Å². The third-order valence-electron chi connectivity index (χ3n) is 2.71. The number of aromatic nitrogens is 2. The average molecular weight is 250 g/mol. The van der Waals surface area contributed by atoms with E-state index in [1.807, 2.05) is 18.7 Å². The van der Waals surface area contributed by atoms with Crippen molar-refractivity contribution in [2.45, 2.75) is 13.8 Å². The molecule has 0 saturated heterocycles. The first-order valence-corrected chi connectivity index (χ1v) is 5.79. The van der Waals surface area contributed by atoms with E-state index in [0.717, 1.165) is 13.1 Å². The highest BCUT2D eigenvalue weighted by atomic mass is 19.1. The van der Waals surface area contributed by atoms with E-state index in [9.17, 15) is 4.39 Å². The van der Waals surface area contributed by atoms with Crippen molar-refractivity contribution in [3.05, 3.63) is 24.0 Å². The number of anilines is 2. The molecule has 0 bridgehead atoms. The van der Waals surface area contributed by atoms with Crippen molar-refractivity contribution in [2.24, 2.45) is 0 Å². The molecule has 0 aliphatic carbocycles. The number of benzene rings is 1. The molecule has 0 unspecified atom stereocenters. The van der Waals surface area contributed by atoms with E-state index in [0.29, 0.717) is 17.2 Å². The Morgan fingerprint density at radius 1 is 1.33 bits per heavy atom. The zero-order valence-electron chi connectivity index (χ0n) is 10.4. The molecule has 1 aromatic heterocycles. The Morgan fingerprint density at radius 3 is 2.72 bits per heavy atom. The summed E-state index contributed by atoms with van der Waals surface area (Å²) in [5, 5.41) is 3.87. The van der Waals surface area contributed by atoms with Gasteiger partial charge in [-0.15, -0.1) is 0 Å². The summed E-state index contributed by atoms with van der Waals surface area (Å²) < 4.78 is 18.3. The van der Waals surface area contributed by atoms with Gasteiger partial charge in [0.2, 0.25) is 0 Å². The van der Waals surface area contributed by atoms with Crippen molar-refractivity contribution in [2.75, 3.05) is 23.7 Å². The molecule has 1 heterocycles. The maximum atomic E-state index is 13.2. The monoisotopic (exact) mass is 250 g/mol. The van der Waals surface area contributed by atoms with Crippen LogP contribution in [0.5, 0.6) is 0 Å². The fourth-order valence-electron chi connectivity index (χ4n) is 1.67. The van der Waals surface area contributed by atoms with Crippen LogP contribution in [0.25, 0.3) is 11.5 Å². The molecule has 0 radical (unpaired) electrons. The molecule has 2 aromatic rings. The molecule has 18 heavy (non-hydrogen) atoms. The Morgan fingerprint density at radius 2 is 2.06 bits per heavy atom. The van der Waals surface area contributed by atoms with E-state index in [4.69, 9.17) is 10.3 Å². The van der Waals surface area contributed by atoms with Gasteiger partial charge in [0.25, 0.3) is 11.8 Å².